The Morgan fingerprint density at radius 2 is 0.900 bits per heavy atom. The average molecular weight is 319 g/mol. The normalized spacial score (nSPS) is 6.35. The van der Waals surface area contributed by atoms with Gasteiger partial charge in [0.1, 0.15) is 0 Å². The van der Waals surface area contributed by atoms with Crippen LogP contribution in [0.15, 0.2) is 0 Å². The third kappa shape index (κ3) is 2260. The number of carbonyl (C=O) groups is 2. The summed E-state index contributed by atoms with van der Waals surface area (Å²) in [7, 11) is -5.14. The molecule has 0 aliphatic carbocycles. The van der Waals surface area contributed by atoms with Gasteiger partial charge in [-0.2, -0.15) is 0 Å². The van der Waals surface area contributed by atoms with E-state index < -0.39 is 19.8 Å². The Bertz CT molecular complexity index is 364. The third-order valence-corrected chi connectivity index (χ3v) is 0.183. The van der Waals surface area contributed by atoms with Crippen molar-refractivity contribution in [2.24, 2.45) is 0 Å². The molecular weight excluding hydrogens is 312 g/mol. The summed E-state index contributed by atoms with van der Waals surface area (Å²) in [6, 6.07) is 0. The van der Waals surface area contributed by atoms with Crippen molar-refractivity contribution < 1.29 is 52.7 Å². The van der Waals surface area contributed by atoms with E-state index in [2.05, 4.69) is 0 Å². The second-order valence-electron chi connectivity index (χ2n) is 1.39. The Balaban J connectivity index is -0.0000000488. The van der Waals surface area contributed by atoms with Crippen LogP contribution in [0.3, 0.4) is 0 Å². The molecule has 0 rings (SSSR count). The zero-order valence-corrected chi connectivity index (χ0v) is 9.96. The molecule has 0 unspecified atom stereocenters. The summed E-state index contributed by atoms with van der Waals surface area (Å²) in [5, 5.41) is 31.0. The summed E-state index contributed by atoms with van der Waals surface area (Å²) in [4.78, 5) is 57.2. The molecular formula is C5H7FN3O10P. The van der Waals surface area contributed by atoms with Crippen molar-refractivity contribution >= 4 is 38.1 Å². The van der Waals surface area contributed by atoms with E-state index in [9.17, 15) is 4.20 Å². The maximum Gasteiger partial charge on any atom is 0.507 e. The Labute approximate surface area is 108 Å². The quantitative estimate of drug-likeness (QED) is 0.123. The predicted octanol–water partition coefficient (Wildman–Crippen LogP) is -1.09. The topological polar surface area (TPSA) is 255 Å². The lowest BCUT2D eigenvalue weighted by atomic mass is 10.7. The van der Waals surface area contributed by atoms with Gasteiger partial charge in [0.25, 0.3) is 0 Å². The maximum atomic E-state index is 10.4. The number of rotatable bonds is 0. The van der Waals surface area contributed by atoms with E-state index in [0.717, 1.165) is 18.2 Å². The molecule has 0 radical (unpaired) electrons. The van der Waals surface area contributed by atoms with Crippen LogP contribution in [0.25, 0.3) is 0 Å². The minimum Gasteiger partial charge on any atom is -0.473 e. The molecule has 0 fully saturated rings. The smallest absolute Gasteiger partial charge is 0.473 e. The van der Waals surface area contributed by atoms with Crippen LogP contribution in [-0.4, -0.2) is 50.2 Å². The fourth-order valence-corrected chi connectivity index (χ4v) is 0. The fourth-order valence-electron chi connectivity index (χ4n) is 0. The number of carbonyl (C=O) groups excluding carboxylic acids is 3. The van der Waals surface area contributed by atoms with Crippen LogP contribution in [0.1, 0.15) is 0 Å². The molecule has 0 aliphatic heterocycles. The van der Waals surface area contributed by atoms with Crippen LogP contribution >= 0.6 is 7.91 Å². The SMILES string of the molecule is N=C=O.N=C=O.N=C=O.O=C(O)C(=O)O.O=P(O)(O)F. The van der Waals surface area contributed by atoms with Crippen molar-refractivity contribution in [2.45, 2.75) is 0 Å². The van der Waals surface area contributed by atoms with Crippen molar-refractivity contribution in [2.75, 3.05) is 0 Å². The summed E-state index contributed by atoms with van der Waals surface area (Å²) >= 11 is 0. The molecule has 0 aromatic rings. The number of hydrogen-bond acceptors (Lipinski definition) is 9. The Hall–Kier alpha value is -2.84. The molecule has 0 spiro atoms. The summed E-state index contributed by atoms with van der Waals surface area (Å²) in [5.74, 6) is -3.65. The van der Waals surface area contributed by atoms with Crippen LogP contribution in [0.4, 0.5) is 4.20 Å². The molecule has 7 N–H and O–H groups in total. The highest BCUT2D eigenvalue weighted by atomic mass is 31.2. The van der Waals surface area contributed by atoms with Crippen LogP contribution in [0, 0.1) is 16.2 Å². The molecule has 20 heavy (non-hydrogen) atoms. The molecule has 114 valence electrons. The molecule has 0 aromatic carbocycles. The van der Waals surface area contributed by atoms with Crippen molar-refractivity contribution in [3.8, 4) is 0 Å². The standard InChI is InChI=1S/C2H2O4.3CHNO.FH2O3P/c3-1(4)2(5)6;3*2-1-3;1-5(2,3)4/h(H,3,4)(H,5,6);3*2H;(H2,2,3,4). The van der Waals surface area contributed by atoms with Gasteiger partial charge in [0.05, 0.1) is 0 Å². The van der Waals surface area contributed by atoms with E-state index in [1.54, 1.807) is 0 Å². The monoisotopic (exact) mass is 319 g/mol. The second kappa shape index (κ2) is 25.1. The Morgan fingerprint density at radius 3 is 0.900 bits per heavy atom. The summed E-state index contributed by atoms with van der Waals surface area (Å²) in [6.45, 7) is 0. The molecule has 0 aliphatic rings. The number of carboxylic acids is 2. The van der Waals surface area contributed by atoms with Crippen LogP contribution in [0.5, 0.6) is 0 Å². The molecule has 0 saturated carbocycles. The lowest BCUT2D eigenvalue weighted by Crippen LogP contribution is -2.09. The molecule has 0 saturated heterocycles. The maximum absolute atomic E-state index is 10.4. The Morgan fingerprint density at radius 1 is 0.850 bits per heavy atom. The first-order valence-corrected chi connectivity index (χ1v) is 4.72. The largest absolute Gasteiger partial charge is 0.507 e. The first-order valence-electron chi connectivity index (χ1n) is 3.22. The van der Waals surface area contributed by atoms with Gasteiger partial charge in [0.15, 0.2) is 0 Å². The molecule has 0 amide bonds. The van der Waals surface area contributed by atoms with Crippen molar-refractivity contribution in [3.63, 3.8) is 0 Å². The highest BCUT2D eigenvalue weighted by Crippen LogP contribution is 2.34. The number of nitrogens with one attached hydrogen (secondary N) is 3. The molecule has 0 bridgehead atoms. The van der Waals surface area contributed by atoms with E-state index in [0.29, 0.717) is 0 Å². The van der Waals surface area contributed by atoms with Crippen LogP contribution in [-0.2, 0) is 28.5 Å². The van der Waals surface area contributed by atoms with Gasteiger partial charge in [-0.15, -0.1) is 4.20 Å². The van der Waals surface area contributed by atoms with Gasteiger partial charge in [0.2, 0.25) is 18.2 Å². The van der Waals surface area contributed by atoms with E-state index in [1.165, 1.54) is 0 Å². The van der Waals surface area contributed by atoms with Gasteiger partial charge in [-0.05, 0) is 0 Å². The van der Waals surface area contributed by atoms with Crippen molar-refractivity contribution in [1.82, 2.24) is 0 Å². The van der Waals surface area contributed by atoms with E-state index in [1.807, 2.05) is 0 Å². The summed E-state index contributed by atoms with van der Waals surface area (Å²) in [6.07, 6.45) is 2.25. The predicted molar refractivity (Wildman–Crippen MR) is 53.7 cm³/mol. The van der Waals surface area contributed by atoms with Gasteiger partial charge in [-0.25, -0.2) is 44.8 Å². The summed E-state index contributed by atoms with van der Waals surface area (Å²) in [5.41, 5.74) is 0. The lowest BCUT2D eigenvalue weighted by molar-refractivity contribution is -0.159. The van der Waals surface area contributed by atoms with Gasteiger partial charge in [-0.1, -0.05) is 0 Å². The molecule has 0 atom stereocenters. The highest BCUT2D eigenvalue weighted by Gasteiger charge is 2.05. The van der Waals surface area contributed by atoms with E-state index >= 15 is 0 Å². The molecule has 15 heteroatoms. The molecule has 13 nitrogen and oxygen atoms in total. The van der Waals surface area contributed by atoms with Gasteiger partial charge < -0.3 is 10.2 Å². The Kier molecular flexibility index (Phi) is 38.1. The summed E-state index contributed by atoms with van der Waals surface area (Å²) < 4.78 is 19.0. The third-order valence-electron chi connectivity index (χ3n) is 0.183. The van der Waals surface area contributed by atoms with Gasteiger partial charge in [-0.3, -0.25) is 9.79 Å². The number of aliphatic carboxylic acids is 2. The van der Waals surface area contributed by atoms with Crippen molar-refractivity contribution in [1.29, 1.82) is 16.2 Å². The van der Waals surface area contributed by atoms with Gasteiger partial charge in [0, 0.05) is 0 Å². The molecule has 0 heterocycles. The zero-order chi connectivity index (χ0) is 17.8. The fraction of sp³-hybridized carbons (Fsp3) is 0. The number of halogens is 1. The van der Waals surface area contributed by atoms with Crippen LogP contribution in [0.2, 0.25) is 0 Å². The minimum absolute atomic E-state index is 0.750. The van der Waals surface area contributed by atoms with Crippen LogP contribution < -0.4 is 0 Å². The second-order valence-corrected chi connectivity index (χ2v) is 2.34. The molecule has 0 aromatic heterocycles. The van der Waals surface area contributed by atoms with E-state index in [-0.39, 0.29) is 0 Å². The highest BCUT2D eigenvalue weighted by molar-refractivity contribution is 7.45. The number of carboxylic acid groups (broad SMARTS) is 2. The van der Waals surface area contributed by atoms with Gasteiger partial charge >= 0.3 is 19.8 Å². The lowest BCUT2D eigenvalue weighted by Gasteiger charge is -1.77. The minimum atomic E-state index is -5.14. The first kappa shape index (κ1) is 30.3. The number of hydrogen-bond donors (Lipinski definition) is 7. The first-order chi connectivity index (χ1) is 8.89. The average Bonchev–Trinajstić information content (AvgIpc) is 2.18. The number of isocyanates is 3. The zero-order valence-electron chi connectivity index (χ0n) is 9.06. The van der Waals surface area contributed by atoms with E-state index in [4.69, 9.17) is 64.8 Å². The van der Waals surface area contributed by atoms with Crippen molar-refractivity contribution in [3.05, 3.63) is 0 Å².